The van der Waals surface area contributed by atoms with Gasteiger partial charge in [0.25, 0.3) is 5.91 Å². The zero-order valence-corrected chi connectivity index (χ0v) is 14.7. The number of unbranched alkanes of at least 4 members (excludes halogenated alkanes) is 1. The molecule has 0 fully saturated rings. The highest BCUT2D eigenvalue weighted by molar-refractivity contribution is 9.12. The monoisotopic (exact) mass is 373 g/mol. The summed E-state index contributed by atoms with van der Waals surface area (Å²) in [6.45, 7) is 2.84. The summed E-state index contributed by atoms with van der Waals surface area (Å²) in [5.41, 5.74) is 1.70. The Morgan fingerprint density at radius 1 is 1.13 bits per heavy atom. The van der Waals surface area contributed by atoms with Crippen molar-refractivity contribution in [1.29, 1.82) is 0 Å². The Balaban J connectivity index is 1.93. The maximum Gasteiger partial charge on any atom is 0.262 e. The zero-order valence-electron chi connectivity index (χ0n) is 13.1. The first-order chi connectivity index (χ1) is 11.2. The molecule has 3 nitrogen and oxygen atoms in total. The van der Waals surface area contributed by atoms with Crippen LogP contribution in [0.15, 0.2) is 59.1 Å². The molecular weight excluding hydrogens is 354 g/mol. The van der Waals surface area contributed by atoms with Crippen molar-refractivity contribution < 1.29 is 9.53 Å². The molecule has 23 heavy (non-hydrogen) atoms. The van der Waals surface area contributed by atoms with Crippen LogP contribution in [-0.2, 0) is 4.79 Å². The molecule has 120 valence electrons. The molecule has 0 bridgehead atoms. The van der Waals surface area contributed by atoms with Gasteiger partial charge in [-0.2, -0.15) is 0 Å². The Kier molecular flexibility index (Phi) is 6.88. The molecule has 2 aromatic carbocycles. The zero-order chi connectivity index (χ0) is 16.5. The Labute approximate surface area is 145 Å². The van der Waals surface area contributed by atoms with Gasteiger partial charge in [-0.1, -0.05) is 43.7 Å². The minimum atomic E-state index is -0.187. The minimum absolute atomic E-state index is 0.187. The normalized spacial score (nSPS) is 11.1. The van der Waals surface area contributed by atoms with Gasteiger partial charge in [-0.05, 0) is 58.3 Å². The van der Waals surface area contributed by atoms with Crippen LogP contribution in [0.25, 0.3) is 6.08 Å². The molecule has 0 spiro atoms. The lowest BCUT2D eigenvalue weighted by atomic mass is 10.2. The van der Waals surface area contributed by atoms with Crippen molar-refractivity contribution in [2.24, 2.45) is 0 Å². The van der Waals surface area contributed by atoms with Gasteiger partial charge in [0.15, 0.2) is 0 Å². The fraction of sp³-hybridized carbons (Fsp3) is 0.211. The summed E-state index contributed by atoms with van der Waals surface area (Å²) in [5.74, 6) is 0.629. The summed E-state index contributed by atoms with van der Waals surface area (Å²) >= 11 is 3.32. The molecule has 0 unspecified atom stereocenters. The SMILES string of the molecule is CCCCOc1ccc(NC(=O)/C(Br)=C/c2ccccc2)cc1. The lowest BCUT2D eigenvalue weighted by Crippen LogP contribution is -2.11. The van der Waals surface area contributed by atoms with Gasteiger partial charge in [0.2, 0.25) is 0 Å². The largest absolute Gasteiger partial charge is 0.494 e. The van der Waals surface area contributed by atoms with Crippen molar-refractivity contribution in [1.82, 2.24) is 0 Å². The van der Waals surface area contributed by atoms with Crippen molar-refractivity contribution in [3.63, 3.8) is 0 Å². The third-order valence-electron chi connectivity index (χ3n) is 3.19. The minimum Gasteiger partial charge on any atom is -0.494 e. The summed E-state index contributed by atoms with van der Waals surface area (Å²) in [5, 5.41) is 2.85. The van der Waals surface area contributed by atoms with Crippen LogP contribution >= 0.6 is 15.9 Å². The van der Waals surface area contributed by atoms with Gasteiger partial charge in [-0.15, -0.1) is 0 Å². The summed E-state index contributed by atoms with van der Waals surface area (Å²) in [6, 6.07) is 17.1. The molecule has 1 N–H and O–H groups in total. The molecule has 1 amide bonds. The van der Waals surface area contributed by atoms with Crippen LogP contribution in [-0.4, -0.2) is 12.5 Å². The average molecular weight is 374 g/mol. The number of hydrogen-bond donors (Lipinski definition) is 1. The fourth-order valence-electron chi connectivity index (χ4n) is 1.92. The van der Waals surface area contributed by atoms with Crippen LogP contribution in [0.5, 0.6) is 5.75 Å². The van der Waals surface area contributed by atoms with E-state index < -0.39 is 0 Å². The third kappa shape index (κ3) is 5.91. The summed E-state index contributed by atoms with van der Waals surface area (Å²) in [7, 11) is 0. The molecule has 0 atom stereocenters. The van der Waals surface area contributed by atoms with Gasteiger partial charge in [0.1, 0.15) is 5.75 Å². The van der Waals surface area contributed by atoms with E-state index in [1.165, 1.54) is 0 Å². The number of benzene rings is 2. The molecule has 0 aliphatic heterocycles. The maximum atomic E-state index is 12.2. The fourth-order valence-corrected chi connectivity index (χ4v) is 2.28. The summed E-state index contributed by atoms with van der Waals surface area (Å²) in [6.07, 6.45) is 3.93. The van der Waals surface area contributed by atoms with Crippen LogP contribution in [0.4, 0.5) is 5.69 Å². The van der Waals surface area contributed by atoms with E-state index in [2.05, 4.69) is 28.2 Å². The highest BCUT2D eigenvalue weighted by Gasteiger charge is 2.07. The molecule has 2 aromatic rings. The third-order valence-corrected chi connectivity index (χ3v) is 3.78. The van der Waals surface area contributed by atoms with Gasteiger partial charge in [-0.3, -0.25) is 4.79 Å². The molecule has 2 rings (SSSR count). The number of anilines is 1. The van der Waals surface area contributed by atoms with E-state index in [9.17, 15) is 4.79 Å². The molecular formula is C19H20BrNO2. The van der Waals surface area contributed by atoms with E-state index >= 15 is 0 Å². The van der Waals surface area contributed by atoms with Crippen molar-refractivity contribution in [3.05, 3.63) is 64.6 Å². The van der Waals surface area contributed by atoms with Crippen molar-refractivity contribution >= 4 is 33.6 Å². The van der Waals surface area contributed by atoms with Gasteiger partial charge < -0.3 is 10.1 Å². The van der Waals surface area contributed by atoms with Gasteiger partial charge in [0.05, 0.1) is 11.1 Å². The highest BCUT2D eigenvalue weighted by atomic mass is 79.9. The van der Waals surface area contributed by atoms with Gasteiger partial charge in [0, 0.05) is 5.69 Å². The second-order valence-corrected chi connectivity index (χ2v) is 5.94. The first-order valence-corrected chi connectivity index (χ1v) is 8.45. The lowest BCUT2D eigenvalue weighted by molar-refractivity contribution is -0.112. The number of hydrogen-bond acceptors (Lipinski definition) is 2. The Hall–Kier alpha value is -2.07. The first kappa shape index (κ1) is 17.3. The predicted octanol–water partition coefficient (Wildman–Crippen LogP) is 5.24. The number of carbonyl (C=O) groups excluding carboxylic acids is 1. The summed E-state index contributed by atoms with van der Waals surface area (Å²) < 4.78 is 6.08. The second-order valence-electron chi connectivity index (χ2n) is 5.08. The average Bonchev–Trinajstić information content (AvgIpc) is 2.57. The molecule has 0 aliphatic carbocycles. The smallest absolute Gasteiger partial charge is 0.262 e. The molecule has 0 saturated heterocycles. The molecule has 0 radical (unpaired) electrons. The van der Waals surface area contributed by atoms with Crippen LogP contribution in [0.3, 0.4) is 0 Å². The predicted molar refractivity (Wildman–Crippen MR) is 98.8 cm³/mol. The van der Waals surface area contributed by atoms with Gasteiger partial charge >= 0.3 is 0 Å². The number of carbonyl (C=O) groups is 1. The van der Waals surface area contributed by atoms with E-state index in [4.69, 9.17) is 4.74 Å². The molecule has 4 heteroatoms. The van der Waals surface area contributed by atoms with E-state index in [1.807, 2.05) is 54.6 Å². The number of rotatable bonds is 7. The topological polar surface area (TPSA) is 38.3 Å². The van der Waals surface area contributed by atoms with Crippen molar-refractivity contribution in [2.75, 3.05) is 11.9 Å². The van der Waals surface area contributed by atoms with E-state index in [-0.39, 0.29) is 5.91 Å². The van der Waals surface area contributed by atoms with Crippen LogP contribution in [0.2, 0.25) is 0 Å². The molecule has 0 heterocycles. The highest BCUT2D eigenvalue weighted by Crippen LogP contribution is 2.19. The Morgan fingerprint density at radius 3 is 2.48 bits per heavy atom. The molecule has 0 aliphatic rings. The number of halogens is 1. The maximum absolute atomic E-state index is 12.2. The quantitative estimate of drug-likeness (QED) is 0.532. The van der Waals surface area contributed by atoms with E-state index in [1.54, 1.807) is 6.08 Å². The standard InChI is InChI=1S/C19H20BrNO2/c1-2-3-13-23-17-11-9-16(10-12-17)21-19(22)18(20)14-15-7-5-4-6-8-15/h4-12,14H,2-3,13H2,1H3,(H,21,22)/b18-14-. The van der Waals surface area contributed by atoms with Crippen LogP contribution < -0.4 is 10.1 Å². The number of amides is 1. The number of nitrogens with one attached hydrogen (secondary N) is 1. The lowest BCUT2D eigenvalue weighted by Gasteiger charge is -2.08. The Morgan fingerprint density at radius 2 is 1.83 bits per heavy atom. The van der Waals surface area contributed by atoms with E-state index in [0.29, 0.717) is 11.1 Å². The molecule has 0 saturated carbocycles. The first-order valence-electron chi connectivity index (χ1n) is 7.65. The Bertz CT molecular complexity index is 651. The van der Waals surface area contributed by atoms with Gasteiger partial charge in [-0.25, -0.2) is 0 Å². The van der Waals surface area contributed by atoms with Crippen LogP contribution in [0, 0.1) is 0 Å². The van der Waals surface area contributed by atoms with Crippen LogP contribution in [0.1, 0.15) is 25.3 Å². The van der Waals surface area contributed by atoms with E-state index in [0.717, 1.165) is 29.8 Å². The summed E-state index contributed by atoms with van der Waals surface area (Å²) in [4.78, 5) is 12.2. The molecule has 0 aromatic heterocycles. The van der Waals surface area contributed by atoms with Crippen molar-refractivity contribution in [2.45, 2.75) is 19.8 Å². The second kappa shape index (κ2) is 9.16. The number of ether oxygens (including phenoxy) is 1. The van der Waals surface area contributed by atoms with Crippen molar-refractivity contribution in [3.8, 4) is 5.75 Å².